The number of nitrogens with zero attached hydrogens (tertiary/aromatic N) is 3. The van der Waals surface area contributed by atoms with Gasteiger partial charge in [-0.3, -0.25) is 10.1 Å². The summed E-state index contributed by atoms with van der Waals surface area (Å²) >= 11 is 1.32. The van der Waals surface area contributed by atoms with Crippen molar-refractivity contribution in [3.63, 3.8) is 0 Å². The van der Waals surface area contributed by atoms with Crippen LogP contribution in [0.2, 0.25) is 0 Å². The Hall–Kier alpha value is -3.19. The van der Waals surface area contributed by atoms with Gasteiger partial charge in [0.15, 0.2) is 6.10 Å². The van der Waals surface area contributed by atoms with Crippen molar-refractivity contribution in [1.29, 1.82) is 0 Å². The van der Waals surface area contributed by atoms with E-state index in [1.807, 2.05) is 67.7 Å². The van der Waals surface area contributed by atoms with Gasteiger partial charge in [0.2, 0.25) is 10.1 Å². The van der Waals surface area contributed by atoms with Gasteiger partial charge in [-0.15, -0.1) is 5.10 Å². The van der Waals surface area contributed by atoms with Crippen molar-refractivity contribution in [2.45, 2.75) is 20.0 Å². The molecule has 0 aliphatic rings. The van der Waals surface area contributed by atoms with Crippen molar-refractivity contribution in [3.8, 4) is 17.0 Å². The highest BCUT2D eigenvalue weighted by atomic mass is 32.1. The lowest BCUT2D eigenvalue weighted by Crippen LogP contribution is -2.30. The zero-order valence-corrected chi connectivity index (χ0v) is 15.7. The van der Waals surface area contributed by atoms with Crippen molar-refractivity contribution >= 4 is 27.3 Å². The molecule has 0 fully saturated rings. The van der Waals surface area contributed by atoms with Crippen molar-refractivity contribution in [1.82, 2.24) is 14.6 Å². The molecule has 0 radical (unpaired) electrons. The van der Waals surface area contributed by atoms with Crippen molar-refractivity contribution in [2.75, 3.05) is 5.32 Å². The molecule has 2 aromatic heterocycles. The number of aryl methyl sites for hydroxylation is 1. The van der Waals surface area contributed by atoms with Crippen LogP contribution in [-0.2, 0) is 4.79 Å². The number of nitrogens with one attached hydrogen (secondary N) is 1. The number of rotatable bonds is 5. The Labute approximate surface area is 160 Å². The molecule has 0 spiro atoms. The molecule has 0 aliphatic heterocycles. The highest BCUT2D eigenvalue weighted by Crippen LogP contribution is 2.24. The van der Waals surface area contributed by atoms with Crippen LogP contribution in [0.15, 0.2) is 60.8 Å². The van der Waals surface area contributed by atoms with Crippen LogP contribution in [0, 0.1) is 6.92 Å². The number of carbonyl (C=O) groups excluding carboxylic acids is 1. The Kier molecular flexibility index (Phi) is 4.60. The van der Waals surface area contributed by atoms with Crippen molar-refractivity contribution in [3.05, 3.63) is 66.4 Å². The predicted molar refractivity (Wildman–Crippen MR) is 106 cm³/mol. The van der Waals surface area contributed by atoms with E-state index >= 15 is 0 Å². The average molecular weight is 378 g/mol. The summed E-state index contributed by atoms with van der Waals surface area (Å²) in [5.74, 6) is 0.413. The van der Waals surface area contributed by atoms with E-state index in [1.54, 1.807) is 11.4 Å². The second kappa shape index (κ2) is 7.20. The summed E-state index contributed by atoms with van der Waals surface area (Å²) in [7, 11) is 0. The van der Waals surface area contributed by atoms with Crippen LogP contribution in [-0.4, -0.2) is 26.6 Å². The number of fused-ring (bicyclic) bond motifs is 1. The minimum absolute atomic E-state index is 0.253. The third-order valence-electron chi connectivity index (χ3n) is 4.01. The molecule has 0 saturated carbocycles. The highest BCUT2D eigenvalue weighted by molar-refractivity contribution is 7.20. The molecule has 2 heterocycles. The molecule has 7 heteroatoms. The highest BCUT2D eigenvalue weighted by Gasteiger charge is 2.18. The second-order valence-corrected chi connectivity index (χ2v) is 7.15. The smallest absolute Gasteiger partial charge is 0.266 e. The minimum Gasteiger partial charge on any atom is -0.481 e. The number of hydrogen-bond acceptors (Lipinski definition) is 5. The molecule has 0 aliphatic carbocycles. The van der Waals surface area contributed by atoms with Gasteiger partial charge in [-0.05, 0) is 31.5 Å². The zero-order chi connectivity index (χ0) is 18.8. The van der Waals surface area contributed by atoms with Crippen LogP contribution >= 0.6 is 11.3 Å². The van der Waals surface area contributed by atoms with Gasteiger partial charge in [0.25, 0.3) is 5.91 Å². The monoisotopic (exact) mass is 378 g/mol. The summed E-state index contributed by atoms with van der Waals surface area (Å²) < 4.78 is 7.38. The number of imidazole rings is 1. The number of carbonyl (C=O) groups is 1. The van der Waals surface area contributed by atoms with Gasteiger partial charge in [-0.25, -0.2) is 9.50 Å². The Morgan fingerprint density at radius 2 is 2.00 bits per heavy atom. The van der Waals surface area contributed by atoms with E-state index in [0.29, 0.717) is 10.9 Å². The molecular weight excluding hydrogens is 360 g/mol. The van der Waals surface area contributed by atoms with Gasteiger partial charge >= 0.3 is 0 Å². The van der Waals surface area contributed by atoms with Crippen LogP contribution < -0.4 is 10.1 Å². The molecule has 2 aromatic carbocycles. The molecule has 0 saturated heterocycles. The van der Waals surface area contributed by atoms with Crippen molar-refractivity contribution < 1.29 is 9.53 Å². The summed E-state index contributed by atoms with van der Waals surface area (Å²) in [5, 5.41) is 7.67. The fourth-order valence-electron chi connectivity index (χ4n) is 2.65. The lowest BCUT2D eigenvalue weighted by molar-refractivity contribution is -0.122. The molecule has 27 heavy (non-hydrogen) atoms. The first-order chi connectivity index (χ1) is 13.1. The summed E-state index contributed by atoms with van der Waals surface area (Å²) in [4.78, 5) is 17.7. The Morgan fingerprint density at radius 3 is 2.74 bits per heavy atom. The zero-order valence-electron chi connectivity index (χ0n) is 14.9. The molecule has 6 nitrogen and oxygen atoms in total. The normalized spacial score (nSPS) is 12.1. The Bertz CT molecular complexity index is 1060. The van der Waals surface area contributed by atoms with Gasteiger partial charge in [-0.1, -0.05) is 53.8 Å². The molecule has 1 N–H and O–H groups in total. The topological polar surface area (TPSA) is 68.5 Å². The van der Waals surface area contributed by atoms with Gasteiger partial charge in [-0.2, -0.15) is 0 Å². The molecular formula is C20H18N4O2S. The lowest BCUT2D eigenvalue weighted by Gasteiger charge is -2.13. The van der Waals surface area contributed by atoms with Gasteiger partial charge in [0, 0.05) is 5.56 Å². The first kappa shape index (κ1) is 17.2. The largest absolute Gasteiger partial charge is 0.481 e. The first-order valence-corrected chi connectivity index (χ1v) is 9.36. The average Bonchev–Trinajstić information content (AvgIpc) is 3.21. The lowest BCUT2D eigenvalue weighted by atomic mass is 10.2. The maximum atomic E-state index is 12.4. The second-order valence-electron chi connectivity index (χ2n) is 6.19. The van der Waals surface area contributed by atoms with Gasteiger partial charge in [0.1, 0.15) is 5.75 Å². The minimum atomic E-state index is -0.636. The van der Waals surface area contributed by atoms with Gasteiger partial charge < -0.3 is 4.74 Å². The molecule has 1 atom stereocenters. The molecule has 0 unspecified atom stereocenters. The van der Waals surface area contributed by atoms with E-state index in [0.717, 1.165) is 21.8 Å². The van der Waals surface area contributed by atoms with E-state index in [4.69, 9.17) is 4.74 Å². The predicted octanol–water partition coefficient (Wildman–Crippen LogP) is 4.17. The summed E-state index contributed by atoms with van der Waals surface area (Å²) in [6, 6.07) is 17.5. The molecule has 0 bridgehead atoms. The van der Waals surface area contributed by atoms with Crippen molar-refractivity contribution in [2.24, 2.45) is 0 Å². The number of aromatic nitrogens is 3. The third kappa shape index (κ3) is 3.83. The quantitative estimate of drug-likeness (QED) is 0.566. The first-order valence-electron chi connectivity index (χ1n) is 8.54. The standard InChI is InChI=1S/C20H18N4O2S/c1-13-7-6-10-16(11-13)26-14(2)18(25)22-19-23-24-12-17(21-20(24)27-19)15-8-4-3-5-9-15/h3-12,14H,1-2H3,(H,22,23,25)/t14-/m0/s1. The van der Waals surface area contributed by atoms with Crippen LogP contribution in [0.3, 0.4) is 0 Å². The van der Waals surface area contributed by atoms with Gasteiger partial charge in [0.05, 0.1) is 11.9 Å². The molecule has 1 amide bonds. The number of anilines is 1. The maximum Gasteiger partial charge on any atom is 0.266 e. The Balaban J connectivity index is 1.45. The fraction of sp³-hybridized carbons (Fsp3) is 0.150. The number of benzene rings is 2. The SMILES string of the molecule is Cc1cccc(O[C@@H](C)C(=O)Nc2nn3cc(-c4ccccc4)nc3s2)c1. The molecule has 4 aromatic rings. The summed E-state index contributed by atoms with van der Waals surface area (Å²) in [6.07, 6.45) is 1.21. The molecule has 136 valence electrons. The fourth-order valence-corrected chi connectivity index (χ4v) is 3.44. The van der Waals surface area contributed by atoms with E-state index < -0.39 is 6.10 Å². The van der Waals surface area contributed by atoms with E-state index in [9.17, 15) is 4.79 Å². The Morgan fingerprint density at radius 1 is 1.19 bits per heavy atom. The van der Waals surface area contributed by atoms with E-state index in [2.05, 4.69) is 15.4 Å². The van der Waals surface area contributed by atoms with Crippen LogP contribution in [0.4, 0.5) is 5.13 Å². The summed E-state index contributed by atoms with van der Waals surface area (Å²) in [6.45, 7) is 3.69. The number of amides is 1. The summed E-state index contributed by atoms with van der Waals surface area (Å²) in [5.41, 5.74) is 2.96. The number of hydrogen-bond donors (Lipinski definition) is 1. The third-order valence-corrected chi connectivity index (χ3v) is 4.85. The number of ether oxygens (including phenoxy) is 1. The van der Waals surface area contributed by atoms with E-state index in [1.165, 1.54) is 11.3 Å². The molecule has 4 rings (SSSR count). The maximum absolute atomic E-state index is 12.4. The van der Waals surface area contributed by atoms with Crippen LogP contribution in [0.1, 0.15) is 12.5 Å². The van der Waals surface area contributed by atoms with Crippen LogP contribution in [0.5, 0.6) is 5.75 Å². The van der Waals surface area contributed by atoms with Crippen LogP contribution in [0.25, 0.3) is 16.2 Å². The van der Waals surface area contributed by atoms with E-state index in [-0.39, 0.29) is 5.91 Å².